The maximum atomic E-state index is 12.6. The molecule has 144 valence electrons. The van der Waals surface area contributed by atoms with Crippen LogP contribution >= 0.6 is 0 Å². The first-order chi connectivity index (χ1) is 13.4. The summed E-state index contributed by atoms with van der Waals surface area (Å²) in [5.41, 5.74) is 3.01. The molecule has 0 aliphatic carbocycles. The molecule has 1 atom stereocenters. The molecule has 0 radical (unpaired) electrons. The molecular weight excluding hydrogens is 374 g/mol. The SMILES string of the molecule is CCC(C(=O)Nc1ccc(-c2ccc(S(C)(=O)=O)nn2)cc1)c1ccccc1. The Morgan fingerprint density at radius 3 is 2.18 bits per heavy atom. The molecule has 3 rings (SSSR count). The molecule has 0 bridgehead atoms. The highest BCUT2D eigenvalue weighted by Crippen LogP contribution is 2.23. The van der Waals surface area contributed by atoms with E-state index in [1.165, 1.54) is 6.07 Å². The van der Waals surface area contributed by atoms with Gasteiger partial charge in [-0.25, -0.2) is 8.42 Å². The molecule has 1 aromatic heterocycles. The first kappa shape index (κ1) is 19.7. The second kappa shape index (κ2) is 8.31. The number of anilines is 1. The second-order valence-electron chi connectivity index (χ2n) is 6.47. The zero-order valence-electron chi connectivity index (χ0n) is 15.7. The molecule has 6 nitrogen and oxygen atoms in total. The van der Waals surface area contributed by atoms with E-state index in [1.54, 1.807) is 18.2 Å². The summed E-state index contributed by atoms with van der Waals surface area (Å²) in [6.45, 7) is 1.99. The van der Waals surface area contributed by atoms with E-state index in [2.05, 4.69) is 15.5 Å². The van der Waals surface area contributed by atoms with Gasteiger partial charge in [0.25, 0.3) is 0 Å². The van der Waals surface area contributed by atoms with Crippen LogP contribution in [0.25, 0.3) is 11.3 Å². The van der Waals surface area contributed by atoms with Crippen molar-refractivity contribution >= 4 is 21.4 Å². The average molecular weight is 395 g/mol. The lowest BCUT2D eigenvalue weighted by Gasteiger charge is -2.15. The molecule has 1 heterocycles. The molecular formula is C21H21N3O3S. The molecule has 0 aliphatic rings. The number of amides is 1. The van der Waals surface area contributed by atoms with Gasteiger partial charge in [0.05, 0.1) is 11.6 Å². The Labute approximate surface area is 164 Å². The van der Waals surface area contributed by atoms with Crippen LogP contribution < -0.4 is 5.32 Å². The van der Waals surface area contributed by atoms with Gasteiger partial charge in [0.2, 0.25) is 5.91 Å². The van der Waals surface area contributed by atoms with E-state index < -0.39 is 9.84 Å². The molecule has 7 heteroatoms. The van der Waals surface area contributed by atoms with Crippen molar-refractivity contribution in [1.29, 1.82) is 0 Å². The second-order valence-corrected chi connectivity index (χ2v) is 8.43. The lowest BCUT2D eigenvalue weighted by Crippen LogP contribution is -2.20. The number of sulfone groups is 1. The van der Waals surface area contributed by atoms with Gasteiger partial charge in [-0.15, -0.1) is 10.2 Å². The van der Waals surface area contributed by atoms with E-state index in [4.69, 9.17) is 0 Å². The van der Waals surface area contributed by atoms with Crippen molar-refractivity contribution in [2.75, 3.05) is 11.6 Å². The Kier molecular flexibility index (Phi) is 5.84. The normalized spacial score (nSPS) is 12.4. The Hall–Kier alpha value is -3.06. The van der Waals surface area contributed by atoms with E-state index in [-0.39, 0.29) is 16.9 Å². The topological polar surface area (TPSA) is 89.0 Å². The van der Waals surface area contributed by atoms with Crippen molar-refractivity contribution in [3.63, 3.8) is 0 Å². The van der Waals surface area contributed by atoms with Crippen LogP contribution in [-0.2, 0) is 14.6 Å². The highest BCUT2D eigenvalue weighted by atomic mass is 32.2. The largest absolute Gasteiger partial charge is 0.326 e. The molecule has 0 aliphatic heterocycles. The Morgan fingerprint density at radius 1 is 0.964 bits per heavy atom. The van der Waals surface area contributed by atoms with Gasteiger partial charge in [-0.2, -0.15) is 0 Å². The van der Waals surface area contributed by atoms with Crippen LogP contribution in [-0.4, -0.2) is 30.8 Å². The predicted molar refractivity (Wildman–Crippen MR) is 109 cm³/mol. The van der Waals surface area contributed by atoms with Crippen molar-refractivity contribution < 1.29 is 13.2 Å². The Bertz CT molecular complexity index is 1050. The minimum atomic E-state index is -3.38. The zero-order chi connectivity index (χ0) is 20.1. The van der Waals surface area contributed by atoms with Crippen LogP contribution in [0.5, 0.6) is 0 Å². The van der Waals surface area contributed by atoms with E-state index in [1.807, 2.05) is 49.4 Å². The van der Waals surface area contributed by atoms with E-state index in [9.17, 15) is 13.2 Å². The summed E-state index contributed by atoms with van der Waals surface area (Å²) in [5.74, 6) is -0.269. The fourth-order valence-electron chi connectivity index (χ4n) is 2.88. The summed E-state index contributed by atoms with van der Waals surface area (Å²) in [6.07, 6.45) is 1.80. The van der Waals surface area contributed by atoms with Gasteiger partial charge in [-0.3, -0.25) is 4.79 Å². The number of rotatable bonds is 6. The number of carbonyl (C=O) groups excluding carboxylic acids is 1. The summed E-state index contributed by atoms with van der Waals surface area (Å²) in [7, 11) is -3.38. The molecule has 28 heavy (non-hydrogen) atoms. The maximum Gasteiger partial charge on any atom is 0.231 e. The number of nitrogens with one attached hydrogen (secondary N) is 1. The van der Waals surface area contributed by atoms with Crippen LogP contribution in [0, 0.1) is 0 Å². The van der Waals surface area contributed by atoms with Gasteiger partial charge >= 0.3 is 0 Å². The molecule has 1 amide bonds. The number of nitrogens with zero attached hydrogens (tertiary/aromatic N) is 2. The molecule has 3 aromatic rings. The molecule has 0 saturated heterocycles. The standard InChI is InChI=1S/C21H21N3O3S/c1-3-18(15-7-5-4-6-8-15)21(25)22-17-11-9-16(10-12-17)19-13-14-20(24-23-19)28(2,26)27/h4-14,18H,3H2,1-2H3,(H,22,25). The molecule has 0 saturated carbocycles. The van der Waals surface area contributed by atoms with Crippen LogP contribution in [0.4, 0.5) is 5.69 Å². The Morgan fingerprint density at radius 2 is 1.64 bits per heavy atom. The number of aromatic nitrogens is 2. The molecule has 0 fully saturated rings. The third kappa shape index (κ3) is 4.61. The third-order valence-electron chi connectivity index (χ3n) is 4.39. The van der Waals surface area contributed by atoms with E-state index >= 15 is 0 Å². The van der Waals surface area contributed by atoms with Gasteiger partial charge in [-0.05, 0) is 36.2 Å². The van der Waals surface area contributed by atoms with Crippen molar-refractivity contribution in [3.05, 3.63) is 72.3 Å². The fourth-order valence-corrected chi connectivity index (χ4v) is 3.39. The summed E-state index contributed by atoms with van der Waals surface area (Å²) in [6, 6.07) is 19.9. The summed E-state index contributed by atoms with van der Waals surface area (Å²) in [4.78, 5) is 12.6. The lowest BCUT2D eigenvalue weighted by molar-refractivity contribution is -0.117. The van der Waals surface area contributed by atoms with Crippen molar-refractivity contribution in [2.24, 2.45) is 0 Å². The lowest BCUT2D eigenvalue weighted by atomic mass is 9.95. The zero-order valence-corrected chi connectivity index (χ0v) is 16.5. The fraction of sp³-hybridized carbons (Fsp3) is 0.190. The molecule has 1 unspecified atom stereocenters. The van der Waals surface area contributed by atoms with Gasteiger partial charge in [0.15, 0.2) is 14.9 Å². The first-order valence-electron chi connectivity index (χ1n) is 8.88. The maximum absolute atomic E-state index is 12.6. The van der Waals surface area contributed by atoms with E-state index in [0.29, 0.717) is 17.8 Å². The summed E-state index contributed by atoms with van der Waals surface area (Å²) >= 11 is 0. The van der Waals surface area contributed by atoms with Crippen LogP contribution in [0.15, 0.2) is 71.8 Å². The third-order valence-corrected chi connectivity index (χ3v) is 5.37. The van der Waals surface area contributed by atoms with Crippen molar-refractivity contribution in [3.8, 4) is 11.3 Å². The summed E-state index contributed by atoms with van der Waals surface area (Å²) < 4.78 is 22.9. The highest BCUT2D eigenvalue weighted by molar-refractivity contribution is 7.90. The van der Waals surface area contributed by atoms with Crippen LogP contribution in [0.2, 0.25) is 0 Å². The molecule has 2 aromatic carbocycles. The average Bonchev–Trinajstić information content (AvgIpc) is 2.69. The van der Waals surface area contributed by atoms with Crippen LogP contribution in [0.1, 0.15) is 24.8 Å². The predicted octanol–water partition coefficient (Wildman–Crippen LogP) is 3.68. The Balaban J connectivity index is 1.73. The number of hydrogen-bond acceptors (Lipinski definition) is 5. The number of hydrogen-bond donors (Lipinski definition) is 1. The molecule has 1 N–H and O–H groups in total. The van der Waals surface area contributed by atoms with Crippen molar-refractivity contribution in [1.82, 2.24) is 10.2 Å². The quantitative estimate of drug-likeness (QED) is 0.688. The number of benzene rings is 2. The van der Waals surface area contributed by atoms with Crippen LogP contribution in [0.3, 0.4) is 0 Å². The van der Waals surface area contributed by atoms with Gasteiger partial charge in [-0.1, -0.05) is 49.4 Å². The van der Waals surface area contributed by atoms with Crippen molar-refractivity contribution in [2.45, 2.75) is 24.3 Å². The number of carbonyl (C=O) groups is 1. The van der Waals surface area contributed by atoms with E-state index in [0.717, 1.165) is 17.4 Å². The van der Waals surface area contributed by atoms with Gasteiger partial charge in [0.1, 0.15) is 0 Å². The minimum Gasteiger partial charge on any atom is -0.326 e. The monoisotopic (exact) mass is 395 g/mol. The minimum absolute atomic E-state index is 0.0567. The van der Waals surface area contributed by atoms with Gasteiger partial charge < -0.3 is 5.32 Å². The first-order valence-corrected chi connectivity index (χ1v) is 10.8. The summed E-state index contributed by atoms with van der Waals surface area (Å²) in [5, 5.41) is 10.6. The smallest absolute Gasteiger partial charge is 0.231 e. The molecule has 0 spiro atoms. The van der Waals surface area contributed by atoms with Gasteiger partial charge in [0, 0.05) is 17.5 Å². The highest BCUT2D eigenvalue weighted by Gasteiger charge is 2.18.